The minimum atomic E-state index is -0.169. The monoisotopic (exact) mass is 319 g/mol. The van der Waals surface area contributed by atoms with Crippen molar-refractivity contribution in [1.29, 1.82) is 0 Å². The van der Waals surface area contributed by atoms with Gasteiger partial charge in [0, 0.05) is 0 Å². The van der Waals surface area contributed by atoms with Crippen LogP contribution in [0.25, 0.3) is 0 Å². The second-order valence-electron chi connectivity index (χ2n) is 6.98. The van der Waals surface area contributed by atoms with Crippen LogP contribution in [0.4, 0.5) is 5.69 Å². The first-order valence-corrected chi connectivity index (χ1v) is 8.64. The lowest BCUT2D eigenvalue weighted by Gasteiger charge is -2.28. The van der Waals surface area contributed by atoms with E-state index in [1.54, 1.807) is 0 Å². The number of carbonyl (C=O) groups is 2. The molecular weight excluding hydrogens is 298 g/mol. The summed E-state index contributed by atoms with van der Waals surface area (Å²) in [6, 6.07) is 18.0. The van der Waals surface area contributed by atoms with Crippen molar-refractivity contribution >= 4 is 17.5 Å². The van der Waals surface area contributed by atoms with Crippen molar-refractivity contribution in [2.75, 3.05) is 4.90 Å². The predicted molar refractivity (Wildman–Crippen MR) is 93.7 cm³/mol. The van der Waals surface area contributed by atoms with Crippen molar-refractivity contribution in [2.45, 2.75) is 32.1 Å². The summed E-state index contributed by atoms with van der Waals surface area (Å²) in [6.45, 7) is 1.98. The van der Waals surface area contributed by atoms with Gasteiger partial charge in [0.1, 0.15) is 0 Å². The van der Waals surface area contributed by atoms with E-state index in [1.807, 2.05) is 49.4 Å². The van der Waals surface area contributed by atoms with Crippen molar-refractivity contribution < 1.29 is 9.59 Å². The van der Waals surface area contributed by atoms with E-state index in [0.717, 1.165) is 30.5 Å². The molecule has 0 N–H and O–H groups in total. The van der Waals surface area contributed by atoms with Gasteiger partial charge in [-0.1, -0.05) is 42.5 Å². The highest BCUT2D eigenvalue weighted by Crippen LogP contribution is 2.45. The van der Waals surface area contributed by atoms with E-state index in [0.29, 0.717) is 5.92 Å². The van der Waals surface area contributed by atoms with E-state index in [1.165, 1.54) is 10.5 Å². The highest BCUT2D eigenvalue weighted by Gasteiger charge is 2.50. The third-order valence-corrected chi connectivity index (χ3v) is 5.46. The van der Waals surface area contributed by atoms with Gasteiger partial charge in [0.15, 0.2) is 0 Å². The Balaban J connectivity index is 1.61. The SMILES string of the molecule is Cc1cccc(N2C(=O)[C@H]3CC[C@H](c4ccccc4)C[C@@H]3C2=O)c1. The first-order chi connectivity index (χ1) is 11.6. The van der Waals surface area contributed by atoms with Crippen LogP contribution in [0.15, 0.2) is 54.6 Å². The fraction of sp³-hybridized carbons (Fsp3) is 0.333. The summed E-state index contributed by atoms with van der Waals surface area (Å²) < 4.78 is 0. The van der Waals surface area contributed by atoms with Gasteiger partial charge in [0.2, 0.25) is 11.8 Å². The van der Waals surface area contributed by atoms with Crippen molar-refractivity contribution in [3.05, 3.63) is 65.7 Å². The second-order valence-corrected chi connectivity index (χ2v) is 6.98. The standard InChI is InChI=1S/C21H21NO2/c1-14-6-5-9-17(12-14)22-20(23)18-11-10-16(13-19(18)21(22)24)15-7-3-2-4-8-15/h2-9,12,16,18-19H,10-11,13H2,1H3/t16-,18-,19-/m0/s1. The van der Waals surface area contributed by atoms with Crippen molar-refractivity contribution in [3.63, 3.8) is 0 Å². The van der Waals surface area contributed by atoms with Crippen LogP contribution < -0.4 is 4.90 Å². The van der Waals surface area contributed by atoms with Crippen LogP contribution in [-0.2, 0) is 9.59 Å². The minimum absolute atomic E-state index is 0.0119. The molecule has 0 radical (unpaired) electrons. The van der Waals surface area contributed by atoms with E-state index in [-0.39, 0.29) is 23.7 Å². The topological polar surface area (TPSA) is 37.4 Å². The zero-order valence-corrected chi connectivity index (χ0v) is 13.8. The number of benzene rings is 2. The molecule has 4 rings (SSSR count). The largest absolute Gasteiger partial charge is 0.274 e. The van der Waals surface area contributed by atoms with Crippen molar-refractivity contribution in [3.8, 4) is 0 Å². The van der Waals surface area contributed by atoms with Gasteiger partial charge in [0.05, 0.1) is 17.5 Å². The number of amides is 2. The molecule has 0 unspecified atom stereocenters. The molecule has 0 aromatic heterocycles. The minimum Gasteiger partial charge on any atom is -0.274 e. The van der Waals surface area contributed by atoms with Crippen molar-refractivity contribution in [1.82, 2.24) is 0 Å². The first-order valence-electron chi connectivity index (χ1n) is 8.64. The van der Waals surface area contributed by atoms with Gasteiger partial charge in [-0.2, -0.15) is 0 Å². The molecule has 0 bridgehead atoms. The number of hydrogen-bond acceptors (Lipinski definition) is 2. The average Bonchev–Trinajstić information content (AvgIpc) is 2.86. The molecule has 3 nitrogen and oxygen atoms in total. The number of hydrogen-bond donors (Lipinski definition) is 0. The summed E-state index contributed by atoms with van der Waals surface area (Å²) in [7, 11) is 0. The van der Waals surface area contributed by atoms with Crippen LogP contribution >= 0.6 is 0 Å². The average molecular weight is 319 g/mol. The summed E-state index contributed by atoms with van der Waals surface area (Å²) in [4.78, 5) is 27.2. The van der Waals surface area contributed by atoms with Crippen LogP contribution in [0.2, 0.25) is 0 Å². The van der Waals surface area contributed by atoms with Crippen LogP contribution in [0.1, 0.15) is 36.3 Å². The number of carbonyl (C=O) groups excluding carboxylic acids is 2. The number of anilines is 1. The fourth-order valence-corrected chi connectivity index (χ4v) is 4.23. The Labute approximate surface area is 142 Å². The molecule has 2 fully saturated rings. The van der Waals surface area contributed by atoms with Crippen LogP contribution in [0.3, 0.4) is 0 Å². The van der Waals surface area contributed by atoms with Gasteiger partial charge < -0.3 is 0 Å². The number of aryl methyl sites for hydroxylation is 1. The maximum atomic E-state index is 12.9. The lowest BCUT2D eigenvalue weighted by molar-refractivity contribution is -0.122. The van der Waals surface area contributed by atoms with E-state index < -0.39 is 0 Å². The van der Waals surface area contributed by atoms with E-state index >= 15 is 0 Å². The third kappa shape index (κ3) is 2.44. The maximum absolute atomic E-state index is 12.9. The van der Waals surface area contributed by atoms with Crippen molar-refractivity contribution in [2.24, 2.45) is 11.8 Å². The number of imide groups is 1. The summed E-state index contributed by atoms with van der Waals surface area (Å²) in [5.74, 6) is 0.0370. The van der Waals surface area contributed by atoms with Crippen LogP contribution in [0.5, 0.6) is 0 Å². The summed E-state index contributed by atoms with van der Waals surface area (Å²) in [6.07, 6.45) is 2.56. The Morgan fingerprint density at radius 2 is 1.62 bits per heavy atom. The van der Waals surface area contributed by atoms with Gasteiger partial charge in [-0.25, -0.2) is 0 Å². The molecular formula is C21H21NO2. The number of fused-ring (bicyclic) bond motifs is 1. The van der Waals surface area contributed by atoms with Gasteiger partial charge >= 0.3 is 0 Å². The second kappa shape index (κ2) is 5.90. The molecule has 1 aliphatic heterocycles. The van der Waals surface area contributed by atoms with E-state index in [9.17, 15) is 9.59 Å². The molecule has 1 aliphatic carbocycles. The predicted octanol–water partition coefficient (Wildman–Crippen LogP) is 4.07. The molecule has 1 saturated heterocycles. The number of nitrogens with zero attached hydrogens (tertiary/aromatic N) is 1. The zero-order chi connectivity index (χ0) is 16.7. The van der Waals surface area contributed by atoms with Crippen LogP contribution in [0, 0.1) is 18.8 Å². The number of rotatable bonds is 2. The van der Waals surface area contributed by atoms with Gasteiger partial charge in [0.25, 0.3) is 0 Å². The first kappa shape index (κ1) is 15.1. The lowest BCUT2D eigenvalue weighted by Crippen LogP contribution is -2.30. The maximum Gasteiger partial charge on any atom is 0.237 e. The van der Waals surface area contributed by atoms with Gasteiger partial charge in [-0.05, 0) is 55.4 Å². The molecule has 3 heteroatoms. The molecule has 0 spiro atoms. The van der Waals surface area contributed by atoms with Gasteiger partial charge in [-0.15, -0.1) is 0 Å². The molecule has 122 valence electrons. The Bertz CT molecular complexity index is 783. The van der Waals surface area contributed by atoms with Gasteiger partial charge in [-0.3, -0.25) is 14.5 Å². The summed E-state index contributed by atoms with van der Waals surface area (Å²) in [5.41, 5.74) is 3.06. The molecule has 1 heterocycles. The Hall–Kier alpha value is -2.42. The molecule has 2 aromatic rings. The summed E-state index contributed by atoms with van der Waals surface area (Å²) >= 11 is 0. The smallest absolute Gasteiger partial charge is 0.237 e. The Morgan fingerprint density at radius 1 is 0.875 bits per heavy atom. The summed E-state index contributed by atoms with van der Waals surface area (Å²) in [5, 5.41) is 0. The molecule has 2 amide bonds. The molecule has 1 saturated carbocycles. The Morgan fingerprint density at radius 3 is 2.38 bits per heavy atom. The molecule has 24 heavy (non-hydrogen) atoms. The third-order valence-electron chi connectivity index (χ3n) is 5.46. The van der Waals surface area contributed by atoms with E-state index in [4.69, 9.17) is 0 Å². The highest BCUT2D eigenvalue weighted by molar-refractivity contribution is 6.22. The van der Waals surface area contributed by atoms with E-state index in [2.05, 4.69) is 12.1 Å². The zero-order valence-electron chi connectivity index (χ0n) is 13.8. The Kier molecular flexibility index (Phi) is 3.72. The molecule has 3 atom stereocenters. The molecule has 2 aromatic carbocycles. The van der Waals surface area contributed by atoms with Crippen LogP contribution in [-0.4, -0.2) is 11.8 Å². The normalized spacial score (nSPS) is 26.5. The lowest BCUT2D eigenvalue weighted by atomic mass is 9.73. The molecule has 2 aliphatic rings. The highest BCUT2D eigenvalue weighted by atomic mass is 16.2. The fourth-order valence-electron chi connectivity index (χ4n) is 4.23. The quantitative estimate of drug-likeness (QED) is 0.783.